The molecular formula is C24H18N4O5. The van der Waals surface area contributed by atoms with Crippen LogP contribution in [0, 0.1) is 10.1 Å². The number of carbonyl (C=O) groups is 3. The fourth-order valence-electron chi connectivity index (χ4n) is 2.69. The van der Waals surface area contributed by atoms with Gasteiger partial charge in [0.2, 0.25) is 5.78 Å². The molecule has 0 radical (unpaired) electrons. The Kier molecular flexibility index (Phi) is 7.53. The number of benzene rings is 3. The molecule has 0 aliphatic carbocycles. The zero-order valence-corrected chi connectivity index (χ0v) is 17.2. The molecule has 9 nitrogen and oxygen atoms in total. The maximum Gasteiger partial charge on any atom is 0.287 e. The maximum atomic E-state index is 12.7. The van der Waals surface area contributed by atoms with Gasteiger partial charge < -0.3 is 5.32 Å². The predicted molar refractivity (Wildman–Crippen MR) is 122 cm³/mol. The minimum Gasteiger partial charge on any atom is -0.317 e. The average Bonchev–Trinajstić information content (AvgIpc) is 2.84. The Morgan fingerprint density at radius 2 is 1.39 bits per heavy atom. The van der Waals surface area contributed by atoms with Crippen molar-refractivity contribution < 1.29 is 19.3 Å². The van der Waals surface area contributed by atoms with Gasteiger partial charge in [-0.15, -0.1) is 0 Å². The van der Waals surface area contributed by atoms with Crippen LogP contribution in [0.1, 0.15) is 26.3 Å². The van der Waals surface area contributed by atoms with E-state index >= 15 is 0 Å². The average molecular weight is 442 g/mol. The van der Waals surface area contributed by atoms with Crippen molar-refractivity contribution in [3.8, 4) is 0 Å². The van der Waals surface area contributed by atoms with Gasteiger partial charge in [0.25, 0.3) is 17.5 Å². The molecule has 164 valence electrons. The van der Waals surface area contributed by atoms with Crippen LogP contribution in [0.2, 0.25) is 0 Å². The van der Waals surface area contributed by atoms with E-state index in [0.29, 0.717) is 16.7 Å². The highest BCUT2D eigenvalue weighted by Crippen LogP contribution is 2.14. The highest BCUT2D eigenvalue weighted by molar-refractivity contribution is 6.35. The van der Waals surface area contributed by atoms with Gasteiger partial charge in [-0.3, -0.25) is 24.5 Å². The molecule has 0 atom stereocenters. The van der Waals surface area contributed by atoms with Gasteiger partial charge >= 0.3 is 0 Å². The molecule has 0 saturated heterocycles. The molecule has 0 heterocycles. The summed E-state index contributed by atoms with van der Waals surface area (Å²) in [4.78, 5) is 47.6. The molecule has 0 aliphatic heterocycles. The number of hydrogen-bond donors (Lipinski definition) is 2. The number of nitrogens with zero attached hydrogens (tertiary/aromatic N) is 2. The second kappa shape index (κ2) is 10.9. The van der Waals surface area contributed by atoms with Crippen LogP contribution in [0.4, 0.5) is 5.69 Å². The lowest BCUT2D eigenvalue weighted by Gasteiger charge is -2.09. The van der Waals surface area contributed by atoms with Crippen LogP contribution < -0.4 is 10.7 Å². The number of hydrazone groups is 1. The molecule has 0 saturated carbocycles. The SMILES string of the molecule is O=C(N/N=C/C(=O)c1ccccc1)/C(=C\c1ccc([N+](=O)[O-])cc1)NC(=O)c1ccccc1. The Morgan fingerprint density at radius 1 is 0.818 bits per heavy atom. The zero-order valence-electron chi connectivity index (χ0n) is 17.2. The van der Waals surface area contributed by atoms with E-state index in [1.54, 1.807) is 60.7 Å². The number of non-ortho nitro benzene ring substituents is 1. The number of carbonyl (C=O) groups excluding carboxylic acids is 3. The molecule has 0 bridgehead atoms. The van der Waals surface area contributed by atoms with Gasteiger partial charge in [-0.1, -0.05) is 48.5 Å². The molecule has 3 aromatic carbocycles. The standard InChI is InChI=1S/C24H18N4O5/c29-22(18-7-3-1-4-8-18)16-25-27-24(31)21(26-23(30)19-9-5-2-6-10-19)15-17-11-13-20(14-12-17)28(32)33/h1-16H,(H,26,30)(H,27,31)/b21-15+,25-16+. The van der Waals surface area contributed by atoms with Gasteiger partial charge in [0.05, 0.1) is 11.1 Å². The van der Waals surface area contributed by atoms with Crippen LogP contribution >= 0.6 is 0 Å². The van der Waals surface area contributed by atoms with Gasteiger partial charge in [0.1, 0.15) is 5.70 Å². The summed E-state index contributed by atoms with van der Waals surface area (Å²) in [6.45, 7) is 0. The van der Waals surface area contributed by atoms with Gasteiger partial charge in [-0.05, 0) is 35.9 Å². The lowest BCUT2D eigenvalue weighted by molar-refractivity contribution is -0.384. The third-order valence-electron chi connectivity index (χ3n) is 4.35. The van der Waals surface area contributed by atoms with Crippen LogP contribution in [0.25, 0.3) is 6.08 Å². The number of nitro groups is 1. The van der Waals surface area contributed by atoms with E-state index in [1.165, 1.54) is 30.3 Å². The Hall–Kier alpha value is -4.92. The second-order valence-corrected chi connectivity index (χ2v) is 6.66. The number of amides is 2. The van der Waals surface area contributed by atoms with Crippen molar-refractivity contribution in [2.75, 3.05) is 0 Å². The second-order valence-electron chi connectivity index (χ2n) is 6.66. The first-order valence-electron chi connectivity index (χ1n) is 9.69. The molecule has 9 heteroatoms. The summed E-state index contributed by atoms with van der Waals surface area (Å²) in [6.07, 6.45) is 2.30. The fraction of sp³-hybridized carbons (Fsp3) is 0. The largest absolute Gasteiger partial charge is 0.317 e. The quantitative estimate of drug-likeness (QED) is 0.182. The minimum absolute atomic E-state index is 0.115. The Labute approximate surface area is 188 Å². The van der Waals surface area contributed by atoms with Crippen LogP contribution in [0.5, 0.6) is 0 Å². The lowest BCUT2D eigenvalue weighted by Crippen LogP contribution is -2.33. The van der Waals surface area contributed by atoms with E-state index in [1.807, 2.05) is 0 Å². The van der Waals surface area contributed by atoms with Crippen molar-refractivity contribution in [2.24, 2.45) is 5.10 Å². The third kappa shape index (κ3) is 6.53. The number of hydrogen-bond acceptors (Lipinski definition) is 6. The van der Waals surface area contributed by atoms with Gasteiger partial charge in [-0.2, -0.15) is 5.10 Å². The maximum absolute atomic E-state index is 12.7. The molecule has 0 aromatic heterocycles. The van der Waals surface area contributed by atoms with Crippen molar-refractivity contribution in [3.63, 3.8) is 0 Å². The van der Waals surface area contributed by atoms with Gasteiger partial charge in [-0.25, -0.2) is 5.43 Å². The molecule has 0 fully saturated rings. The number of nitro benzene ring substituents is 1. The highest BCUT2D eigenvalue weighted by atomic mass is 16.6. The molecule has 3 aromatic rings. The number of ketones is 1. The van der Waals surface area contributed by atoms with Crippen molar-refractivity contribution in [1.29, 1.82) is 0 Å². The highest BCUT2D eigenvalue weighted by Gasteiger charge is 2.15. The summed E-state index contributed by atoms with van der Waals surface area (Å²) in [5.74, 6) is -1.73. The van der Waals surface area contributed by atoms with E-state index in [2.05, 4.69) is 15.8 Å². The summed E-state index contributed by atoms with van der Waals surface area (Å²) in [5.41, 5.74) is 3.08. The van der Waals surface area contributed by atoms with Crippen molar-refractivity contribution >= 4 is 35.6 Å². The smallest absolute Gasteiger partial charge is 0.287 e. The number of nitrogens with one attached hydrogen (secondary N) is 2. The van der Waals surface area contributed by atoms with Crippen molar-refractivity contribution in [2.45, 2.75) is 0 Å². The summed E-state index contributed by atoms with van der Waals surface area (Å²) in [6, 6.07) is 22.0. The fourth-order valence-corrected chi connectivity index (χ4v) is 2.69. The van der Waals surface area contributed by atoms with E-state index in [4.69, 9.17) is 0 Å². The number of rotatable bonds is 8. The number of Topliss-reactive ketones (excluding diaryl/α,β-unsaturated/α-hetero) is 1. The molecule has 0 spiro atoms. The molecule has 2 amide bonds. The normalized spacial score (nSPS) is 11.1. The Morgan fingerprint density at radius 3 is 1.97 bits per heavy atom. The van der Waals surface area contributed by atoms with E-state index in [9.17, 15) is 24.5 Å². The summed E-state index contributed by atoms with van der Waals surface area (Å²) in [5, 5.41) is 17.0. The van der Waals surface area contributed by atoms with E-state index < -0.39 is 22.5 Å². The van der Waals surface area contributed by atoms with Crippen LogP contribution in [-0.4, -0.2) is 28.7 Å². The summed E-state index contributed by atoms with van der Waals surface area (Å²) in [7, 11) is 0. The van der Waals surface area contributed by atoms with Crippen LogP contribution in [0.15, 0.2) is 95.7 Å². The molecule has 3 rings (SSSR count). The van der Waals surface area contributed by atoms with E-state index in [-0.39, 0.29) is 11.4 Å². The first-order valence-corrected chi connectivity index (χ1v) is 9.69. The molecular weight excluding hydrogens is 424 g/mol. The van der Waals surface area contributed by atoms with Gasteiger partial charge in [0, 0.05) is 23.3 Å². The zero-order chi connectivity index (χ0) is 23.6. The first kappa shape index (κ1) is 22.8. The van der Waals surface area contributed by atoms with Gasteiger partial charge in [0.15, 0.2) is 0 Å². The van der Waals surface area contributed by atoms with Crippen molar-refractivity contribution in [3.05, 3.63) is 117 Å². The van der Waals surface area contributed by atoms with E-state index in [0.717, 1.165) is 6.21 Å². The minimum atomic E-state index is -0.783. The summed E-state index contributed by atoms with van der Waals surface area (Å²) < 4.78 is 0. The van der Waals surface area contributed by atoms with Crippen LogP contribution in [0.3, 0.4) is 0 Å². The van der Waals surface area contributed by atoms with Crippen molar-refractivity contribution in [1.82, 2.24) is 10.7 Å². The molecule has 0 aliphatic rings. The Bertz CT molecular complexity index is 1220. The lowest BCUT2D eigenvalue weighted by atomic mass is 10.1. The molecule has 33 heavy (non-hydrogen) atoms. The molecule has 2 N–H and O–H groups in total. The molecule has 0 unspecified atom stereocenters. The predicted octanol–water partition coefficient (Wildman–Crippen LogP) is 3.35. The first-order chi connectivity index (χ1) is 15.9. The topological polar surface area (TPSA) is 131 Å². The van der Waals surface area contributed by atoms with Crippen LogP contribution in [-0.2, 0) is 4.79 Å². The third-order valence-corrected chi connectivity index (χ3v) is 4.35. The monoisotopic (exact) mass is 442 g/mol. The summed E-state index contributed by atoms with van der Waals surface area (Å²) >= 11 is 0. The Balaban J connectivity index is 1.80.